The van der Waals surface area contributed by atoms with Crippen LogP contribution >= 0.6 is 0 Å². The summed E-state index contributed by atoms with van der Waals surface area (Å²) >= 11 is 0. The number of sulfonamides is 1. The number of anilines is 1. The van der Waals surface area contributed by atoms with Crippen LogP contribution < -0.4 is 5.32 Å². The second-order valence-corrected chi connectivity index (χ2v) is 6.43. The second-order valence-electron chi connectivity index (χ2n) is 4.42. The predicted octanol–water partition coefficient (Wildman–Crippen LogP) is 1.79. The Morgan fingerprint density at radius 2 is 2.17 bits per heavy atom. The van der Waals surface area contributed by atoms with Gasteiger partial charge < -0.3 is 5.32 Å². The van der Waals surface area contributed by atoms with Crippen LogP contribution in [0.3, 0.4) is 0 Å². The monoisotopic (exact) mass is 271 g/mol. The standard InChI is InChI=1S/C12H21N3O2S/c1-5-10(2)9-15(4)18(16,17)12-8-14-7-6-11(12)13-3/h6-8,10H,5,9H2,1-4H3,(H,13,14). The van der Waals surface area contributed by atoms with E-state index in [2.05, 4.69) is 10.3 Å². The van der Waals surface area contributed by atoms with Gasteiger partial charge >= 0.3 is 0 Å². The van der Waals surface area contributed by atoms with E-state index in [0.717, 1.165) is 6.42 Å². The lowest BCUT2D eigenvalue weighted by molar-refractivity contribution is 0.393. The summed E-state index contributed by atoms with van der Waals surface area (Å²) < 4.78 is 26.2. The Hall–Kier alpha value is -1.14. The lowest BCUT2D eigenvalue weighted by Crippen LogP contribution is -2.31. The summed E-state index contributed by atoms with van der Waals surface area (Å²) in [7, 11) is -0.176. The highest BCUT2D eigenvalue weighted by Gasteiger charge is 2.24. The summed E-state index contributed by atoms with van der Waals surface area (Å²) in [6.45, 7) is 4.60. The molecule has 5 nitrogen and oxygen atoms in total. The number of rotatable bonds is 6. The highest BCUT2D eigenvalue weighted by Crippen LogP contribution is 2.23. The Labute approximate surface area is 109 Å². The molecule has 1 N–H and O–H groups in total. The third kappa shape index (κ3) is 3.20. The first-order valence-electron chi connectivity index (χ1n) is 6.01. The van der Waals surface area contributed by atoms with E-state index in [0.29, 0.717) is 18.2 Å². The molecule has 0 aliphatic carbocycles. The van der Waals surface area contributed by atoms with Crippen molar-refractivity contribution in [2.75, 3.05) is 26.0 Å². The van der Waals surface area contributed by atoms with E-state index < -0.39 is 10.0 Å². The van der Waals surface area contributed by atoms with Crippen LogP contribution in [0.2, 0.25) is 0 Å². The topological polar surface area (TPSA) is 62.3 Å². The van der Waals surface area contributed by atoms with Crippen LogP contribution in [0.25, 0.3) is 0 Å². The maximum absolute atomic E-state index is 12.4. The molecule has 0 aromatic carbocycles. The summed E-state index contributed by atoms with van der Waals surface area (Å²) in [5.41, 5.74) is 0.570. The van der Waals surface area contributed by atoms with Crippen molar-refractivity contribution in [1.82, 2.24) is 9.29 Å². The number of pyridine rings is 1. The first-order chi connectivity index (χ1) is 8.43. The van der Waals surface area contributed by atoms with Crippen LogP contribution in [-0.2, 0) is 10.0 Å². The number of aromatic nitrogens is 1. The van der Waals surface area contributed by atoms with E-state index in [1.807, 2.05) is 13.8 Å². The van der Waals surface area contributed by atoms with Crippen LogP contribution in [0, 0.1) is 5.92 Å². The molecule has 1 unspecified atom stereocenters. The molecule has 18 heavy (non-hydrogen) atoms. The van der Waals surface area contributed by atoms with Crippen molar-refractivity contribution in [2.24, 2.45) is 5.92 Å². The lowest BCUT2D eigenvalue weighted by Gasteiger charge is -2.21. The lowest BCUT2D eigenvalue weighted by atomic mass is 10.1. The van der Waals surface area contributed by atoms with Gasteiger partial charge in [-0.15, -0.1) is 0 Å². The molecule has 1 heterocycles. The zero-order chi connectivity index (χ0) is 13.8. The molecule has 1 rings (SSSR count). The van der Waals surface area contributed by atoms with Gasteiger partial charge in [0.15, 0.2) is 0 Å². The molecule has 0 bridgehead atoms. The van der Waals surface area contributed by atoms with Gasteiger partial charge in [-0.05, 0) is 12.0 Å². The van der Waals surface area contributed by atoms with Crippen LogP contribution in [0.5, 0.6) is 0 Å². The SMILES string of the molecule is CCC(C)CN(C)S(=O)(=O)c1cnccc1NC. The molecule has 0 spiro atoms. The molecule has 0 fully saturated rings. The average molecular weight is 271 g/mol. The molecule has 1 aromatic rings. The van der Waals surface area contributed by atoms with Gasteiger partial charge in [0.25, 0.3) is 0 Å². The zero-order valence-electron chi connectivity index (χ0n) is 11.3. The zero-order valence-corrected chi connectivity index (χ0v) is 12.2. The fraction of sp³-hybridized carbons (Fsp3) is 0.583. The third-order valence-corrected chi connectivity index (χ3v) is 4.86. The molecule has 0 amide bonds. The molecular formula is C12H21N3O2S. The van der Waals surface area contributed by atoms with Crippen molar-refractivity contribution >= 4 is 15.7 Å². The van der Waals surface area contributed by atoms with Gasteiger partial charge in [-0.1, -0.05) is 20.3 Å². The Bertz CT molecular complexity index is 488. The fourth-order valence-corrected chi connectivity index (χ4v) is 3.05. The van der Waals surface area contributed by atoms with E-state index in [4.69, 9.17) is 0 Å². The first-order valence-corrected chi connectivity index (χ1v) is 7.45. The smallest absolute Gasteiger partial charge is 0.246 e. The van der Waals surface area contributed by atoms with Crippen molar-refractivity contribution < 1.29 is 8.42 Å². The molecule has 1 aromatic heterocycles. The maximum atomic E-state index is 12.4. The van der Waals surface area contributed by atoms with E-state index in [-0.39, 0.29) is 4.90 Å². The van der Waals surface area contributed by atoms with Crippen molar-refractivity contribution in [3.05, 3.63) is 18.5 Å². The largest absolute Gasteiger partial charge is 0.387 e. The van der Waals surface area contributed by atoms with Crippen molar-refractivity contribution in [2.45, 2.75) is 25.2 Å². The molecule has 0 saturated carbocycles. The average Bonchev–Trinajstić information content (AvgIpc) is 2.38. The minimum atomic E-state index is -3.48. The summed E-state index contributed by atoms with van der Waals surface area (Å²) in [6, 6.07) is 1.66. The number of hydrogen-bond acceptors (Lipinski definition) is 4. The summed E-state index contributed by atoms with van der Waals surface area (Å²) in [6.07, 6.45) is 3.90. The normalized spacial score (nSPS) is 13.6. The Balaban J connectivity index is 3.05. The molecule has 0 aliphatic heterocycles. The first kappa shape index (κ1) is 14.9. The Morgan fingerprint density at radius 3 is 2.72 bits per heavy atom. The van der Waals surface area contributed by atoms with Crippen molar-refractivity contribution in [3.8, 4) is 0 Å². The third-order valence-electron chi connectivity index (χ3n) is 3.01. The number of nitrogens with zero attached hydrogens (tertiary/aromatic N) is 2. The van der Waals surface area contributed by atoms with Gasteiger partial charge in [-0.3, -0.25) is 4.98 Å². The maximum Gasteiger partial charge on any atom is 0.246 e. The molecule has 102 valence electrons. The Morgan fingerprint density at radius 1 is 1.50 bits per heavy atom. The van der Waals surface area contributed by atoms with Crippen molar-refractivity contribution in [1.29, 1.82) is 0 Å². The van der Waals surface area contributed by atoms with Gasteiger partial charge in [0.2, 0.25) is 10.0 Å². The minimum absolute atomic E-state index is 0.221. The van der Waals surface area contributed by atoms with Crippen LogP contribution in [0.15, 0.2) is 23.4 Å². The van der Waals surface area contributed by atoms with Gasteiger partial charge in [-0.25, -0.2) is 12.7 Å². The number of nitrogens with one attached hydrogen (secondary N) is 1. The second kappa shape index (κ2) is 6.15. The minimum Gasteiger partial charge on any atom is -0.387 e. The molecule has 0 radical (unpaired) electrons. The van der Waals surface area contributed by atoms with Gasteiger partial charge in [0.05, 0.1) is 5.69 Å². The predicted molar refractivity (Wildman–Crippen MR) is 73.1 cm³/mol. The van der Waals surface area contributed by atoms with E-state index in [9.17, 15) is 8.42 Å². The highest BCUT2D eigenvalue weighted by molar-refractivity contribution is 7.89. The summed E-state index contributed by atoms with van der Waals surface area (Å²) in [4.78, 5) is 4.12. The quantitative estimate of drug-likeness (QED) is 0.857. The summed E-state index contributed by atoms with van der Waals surface area (Å²) in [5, 5.41) is 2.88. The molecule has 0 saturated heterocycles. The molecule has 6 heteroatoms. The highest BCUT2D eigenvalue weighted by atomic mass is 32.2. The van der Waals surface area contributed by atoms with Crippen LogP contribution in [0.1, 0.15) is 20.3 Å². The molecular weight excluding hydrogens is 250 g/mol. The van der Waals surface area contributed by atoms with Gasteiger partial charge in [-0.2, -0.15) is 0 Å². The summed E-state index contributed by atoms with van der Waals surface area (Å²) in [5.74, 6) is 0.333. The van der Waals surface area contributed by atoms with Crippen molar-refractivity contribution in [3.63, 3.8) is 0 Å². The molecule has 0 aliphatic rings. The van der Waals surface area contributed by atoms with Crippen LogP contribution in [-0.4, -0.2) is 38.3 Å². The molecule has 1 atom stereocenters. The van der Waals surface area contributed by atoms with Gasteiger partial charge in [0, 0.05) is 33.0 Å². The van der Waals surface area contributed by atoms with E-state index >= 15 is 0 Å². The number of hydrogen-bond donors (Lipinski definition) is 1. The fourth-order valence-electron chi connectivity index (χ4n) is 1.63. The van der Waals surface area contributed by atoms with Crippen LogP contribution in [0.4, 0.5) is 5.69 Å². The van der Waals surface area contributed by atoms with E-state index in [1.165, 1.54) is 10.5 Å². The Kier molecular flexibility index (Phi) is 5.10. The van der Waals surface area contributed by atoms with Gasteiger partial charge in [0.1, 0.15) is 4.90 Å². The van der Waals surface area contributed by atoms with E-state index in [1.54, 1.807) is 26.4 Å².